The molecule has 2 rings (SSSR count). The van der Waals surface area contributed by atoms with Crippen LogP contribution in [0.5, 0.6) is 11.8 Å². The lowest BCUT2D eigenvalue weighted by atomic mass is 10.2. The van der Waals surface area contributed by atoms with Crippen LogP contribution in [0.1, 0.15) is 12.5 Å². The molecule has 0 fully saturated rings. The highest BCUT2D eigenvalue weighted by Crippen LogP contribution is 2.12. The molecule has 0 amide bonds. The van der Waals surface area contributed by atoms with E-state index < -0.39 is 0 Å². The number of hydrogen-bond acceptors (Lipinski definition) is 7. The molecule has 7 heteroatoms. The first-order valence-corrected chi connectivity index (χ1v) is 6.75. The van der Waals surface area contributed by atoms with Crippen molar-refractivity contribution in [2.24, 2.45) is 0 Å². The minimum absolute atomic E-state index is 0.121. The zero-order chi connectivity index (χ0) is 15.1. The summed E-state index contributed by atoms with van der Waals surface area (Å²) in [7, 11) is 0. The van der Waals surface area contributed by atoms with Crippen molar-refractivity contribution in [1.82, 2.24) is 15.0 Å². The van der Waals surface area contributed by atoms with Crippen LogP contribution >= 0.6 is 0 Å². The lowest BCUT2D eigenvalue weighted by Crippen LogP contribution is -2.15. The second kappa shape index (κ2) is 7.28. The highest BCUT2D eigenvalue weighted by Gasteiger charge is 2.04. The lowest BCUT2D eigenvalue weighted by Gasteiger charge is -2.09. The number of rotatable bonds is 7. The maximum Gasteiger partial charge on any atom is 0.323 e. The van der Waals surface area contributed by atoms with Crippen LogP contribution in [0.15, 0.2) is 24.3 Å². The van der Waals surface area contributed by atoms with Gasteiger partial charge in [-0.1, -0.05) is 12.1 Å². The molecule has 0 saturated heterocycles. The molecule has 0 aliphatic heterocycles. The van der Waals surface area contributed by atoms with E-state index in [1.165, 1.54) is 0 Å². The molecular weight excluding hydrogens is 270 g/mol. The Labute approximate surface area is 123 Å². The van der Waals surface area contributed by atoms with Crippen molar-refractivity contribution < 1.29 is 9.47 Å². The SMILES string of the molecule is CCOc1nc(N)nc(NCCOc2cccc(C)c2)n1. The van der Waals surface area contributed by atoms with Gasteiger partial charge in [0.25, 0.3) is 0 Å². The number of nitrogens with two attached hydrogens (primary N) is 1. The third-order valence-electron chi connectivity index (χ3n) is 2.55. The minimum Gasteiger partial charge on any atom is -0.492 e. The average Bonchev–Trinajstić information content (AvgIpc) is 2.43. The monoisotopic (exact) mass is 289 g/mol. The van der Waals surface area contributed by atoms with Crippen molar-refractivity contribution in [2.75, 3.05) is 30.8 Å². The number of ether oxygens (including phenoxy) is 2. The largest absolute Gasteiger partial charge is 0.492 e. The van der Waals surface area contributed by atoms with Gasteiger partial charge in [-0.15, -0.1) is 0 Å². The first-order valence-electron chi connectivity index (χ1n) is 6.75. The van der Waals surface area contributed by atoms with E-state index in [4.69, 9.17) is 15.2 Å². The molecule has 1 aromatic carbocycles. The molecule has 0 atom stereocenters. The Morgan fingerprint density at radius 1 is 1.19 bits per heavy atom. The number of nitrogens with one attached hydrogen (secondary N) is 1. The van der Waals surface area contributed by atoms with Gasteiger partial charge in [0.05, 0.1) is 13.2 Å². The van der Waals surface area contributed by atoms with Gasteiger partial charge in [-0.05, 0) is 31.5 Å². The third kappa shape index (κ3) is 4.79. The van der Waals surface area contributed by atoms with Crippen LogP contribution in [-0.2, 0) is 0 Å². The maximum atomic E-state index is 5.62. The molecule has 1 aromatic heterocycles. The molecule has 0 aliphatic carbocycles. The molecule has 21 heavy (non-hydrogen) atoms. The predicted molar refractivity (Wildman–Crippen MR) is 80.6 cm³/mol. The Kier molecular flexibility index (Phi) is 5.14. The second-order valence-electron chi connectivity index (χ2n) is 4.32. The van der Waals surface area contributed by atoms with E-state index in [1.54, 1.807) is 0 Å². The number of nitrogens with zero attached hydrogens (tertiary/aromatic N) is 3. The van der Waals surface area contributed by atoms with Gasteiger partial charge in [0, 0.05) is 0 Å². The van der Waals surface area contributed by atoms with Crippen LogP contribution in [0.2, 0.25) is 0 Å². The van der Waals surface area contributed by atoms with Crippen LogP contribution in [0, 0.1) is 6.92 Å². The van der Waals surface area contributed by atoms with E-state index in [-0.39, 0.29) is 12.0 Å². The Bertz CT molecular complexity index is 591. The van der Waals surface area contributed by atoms with Crippen molar-refractivity contribution >= 4 is 11.9 Å². The summed E-state index contributed by atoms with van der Waals surface area (Å²) in [6.07, 6.45) is 0. The standard InChI is InChI=1S/C14H19N5O2/c1-3-20-14-18-12(15)17-13(19-14)16-7-8-21-11-6-4-5-10(2)9-11/h4-6,9H,3,7-8H2,1-2H3,(H3,15,16,17,18,19). The van der Waals surface area contributed by atoms with Crippen molar-refractivity contribution in [3.8, 4) is 11.8 Å². The lowest BCUT2D eigenvalue weighted by molar-refractivity contribution is 0.312. The molecule has 0 aliphatic rings. The molecule has 1 heterocycles. The Hall–Kier alpha value is -2.57. The van der Waals surface area contributed by atoms with E-state index in [0.29, 0.717) is 25.7 Å². The van der Waals surface area contributed by atoms with Crippen LogP contribution in [0.25, 0.3) is 0 Å². The van der Waals surface area contributed by atoms with Gasteiger partial charge in [0.2, 0.25) is 11.9 Å². The molecule has 0 unspecified atom stereocenters. The zero-order valence-electron chi connectivity index (χ0n) is 12.2. The Morgan fingerprint density at radius 3 is 2.81 bits per heavy atom. The average molecular weight is 289 g/mol. The highest BCUT2D eigenvalue weighted by atomic mass is 16.5. The van der Waals surface area contributed by atoms with E-state index >= 15 is 0 Å². The fraction of sp³-hybridized carbons (Fsp3) is 0.357. The Morgan fingerprint density at radius 2 is 2.05 bits per heavy atom. The molecule has 0 saturated carbocycles. The number of aromatic nitrogens is 3. The summed E-state index contributed by atoms with van der Waals surface area (Å²) in [6, 6.07) is 8.09. The van der Waals surface area contributed by atoms with E-state index in [1.807, 2.05) is 38.1 Å². The minimum atomic E-state index is 0.121. The van der Waals surface area contributed by atoms with E-state index in [2.05, 4.69) is 20.3 Å². The van der Waals surface area contributed by atoms with Crippen molar-refractivity contribution in [3.05, 3.63) is 29.8 Å². The van der Waals surface area contributed by atoms with Crippen molar-refractivity contribution in [2.45, 2.75) is 13.8 Å². The van der Waals surface area contributed by atoms with Crippen LogP contribution < -0.4 is 20.5 Å². The van der Waals surface area contributed by atoms with Gasteiger partial charge >= 0.3 is 6.01 Å². The molecule has 7 nitrogen and oxygen atoms in total. The summed E-state index contributed by atoms with van der Waals surface area (Å²) in [4.78, 5) is 11.9. The number of anilines is 2. The van der Waals surface area contributed by atoms with E-state index in [9.17, 15) is 0 Å². The second-order valence-corrected chi connectivity index (χ2v) is 4.32. The third-order valence-corrected chi connectivity index (χ3v) is 2.55. The summed E-state index contributed by atoms with van der Waals surface area (Å²) >= 11 is 0. The smallest absolute Gasteiger partial charge is 0.323 e. The molecule has 0 spiro atoms. The van der Waals surface area contributed by atoms with Gasteiger partial charge in [-0.25, -0.2) is 0 Å². The molecule has 0 bridgehead atoms. The van der Waals surface area contributed by atoms with Crippen molar-refractivity contribution in [3.63, 3.8) is 0 Å². The summed E-state index contributed by atoms with van der Waals surface area (Å²) in [5.41, 5.74) is 6.75. The summed E-state index contributed by atoms with van der Waals surface area (Å²) < 4.78 is 10.8. The molecule has 112 valence electrons. The number of nitrogen functional groups attached to an aromatic ring is 1. The number of benzene rings is 1. The summed E-state index contributed by atoms with van der Waals surface area (Å²) in [5.74, 6) is 1.33. The van der Waals surface area contributed by atoms with Crippen LogP contribution in [0.3, 0.4) is 0 Å². The highest BCUT2D eigenvalue weighted by molar-refractivity contribution is 5.32. The first-order chi connectivity index (χ1) is 10.2. The van der Waals surface area contributed by atoms with Crippen LogP contribution in [-0.4, -0.2) is 34.7 Å². The first kappa shape index (κ1) is 14.8. The van der Waals surface area contributed by atoms with Crippen molar-refractivity contribution in [1.29, 1.82) is 0 Å². The normalized spacial score (nSPS) is 10.2. The predicted octanol–water partition coefficient (Wildman–Crippen LogP) is 1.65. The van der Waals surface area contributed by atoms with E-state index in [0.717, 1.165) is 11.3 Å². The maximum absolute atomic E-state index is 5.62. The summed E-state index contributed by atoms with van der Waals surface area (Å²) in [5, 5.41) is 3.02. The zero-order valence-corrected chi connectivity index (χ0v) is 12.2. The van der Waals surface area contributed by atoms with Gasteiger partial charge in [0.15, 0.2) is 0 Å². The molecule has 2 aromatic rings. The quantitative estimate of drug-likeness (QED) is 0.748. The fourth-order valence-electron chi connectivity index (χ4n) is 1.68. The molecule has 0 radical (unpaired) electrons. The molecule has 3 N–H and O–H groups in total. The van der Waals surface area contributed by atoms with Gasteiger partial charge in [0.1, 0.15) is 12.4 Å². The number of aryl methyl sites for hydroxylation is 1. The van der Waals surface area contributed by atoms with Crippen LogP contribution in [0.4, 0.5) is 11.9 Å². The van der Waals surface area contributed by atoms with Gasteiger partial charge in [-0.2, -0.15) is 15.0 Å². The van der Waals surface area contributed by atoms with Gasteiger partial charge < -0.3 is 20.5 Å². The fourth-order valence-corrected chi connectivity index (χ4v) is 1.68. The molecular formula is C14H19N5O2. The number of hydrogen-bond donors (Lipinski definition) is 2. The Balaban J connectivity index is 1.83. The summed E-state index contributed by atoms with van der Waals surface area (Å²) in [6.45, 7) is 5.37. The topological polar surface area (TPSA) is 95.2 Å². The van der Waals surface area contributed by atoms with Gasteiger partial charge in [-0.3, -0.25) is 0 Å².